The van der Waals surface area contributed by atoms with Crippen molar-refractivity contribution in [2.75, 3.05) is 52.4 Å². The lowest BCUT2D eigenvalue weighted by atomic mass is 10.2. The average molecular weight is 991 g/mol. The van der Waals surface area contributed by atoms with Gasteiger partial charge in [-0.05, 0) is 127 Å². The van der Waals surface area contributed by atoms with E-state index in [2.05, 4.69) is 15.0 Å². The van der Waals surface area contributed by atoms with E-state index in [4.69, 9.17) is 15.2 Å². The van der Waals surface area contributed by atoms with Crippen molar-refractivity contribution in [3.8, 4) is 0 Å². The highest BCUT2D eigenvalue weighted by Gasteiger charge is 2.25. The van der Waals surface area contributed by atoms with Gasteiger partial charge in [-0.3, -0.25) is 18.9 Å². The molecule has 0 aliphatic rings. The molecule has 4 N–H and O–H groups in total. The Kier molecular flexibility index (Phi) is 18.6. The molecule has 21 heteroatoms. The van der Waals surface area contributed by atoms with Crippen molar-refractivity contribution in [3.63, 3.8) is 0 Å². The number of carbonyl (C=O) groups excluding carboxylic acids is 3. The van der Waals surface area contributed by atoms with Crippen LogP contribution in [0.25, 0.3) is 32.7 Å². The van der Waals surface area contributed by atoms with Crippen molar-refractivity contribution >= 4 is 90.3 Å². The first-order chi connectivity index (χ1) is 31.1. The van der Waals surface area contributed by atoms with Crippen LogP contribution in [0.3, 0.4) is 0 Å². The summed E-state index contributed by atoms with van der Waals surface area (Å²) in [4.78, 5) is 51.1. The van der Waals surface area contributed by atoms with Crippen LogP contribution in [0.5, 0.6) is 0 Å². The Bertz CT molecular complexity index is 2850. The van der Waals surface area contributed by atoms with Crippen LogP contribution in [0.2, 0.25) is 0 Å². The zero-order chi connectivity index (χ0) is 49.1. The van der Waals surface area contributed by atoms with Gasteiger partial charge in [0.05, 0.1) is 14.7 Å². The smallest absolute Gasteiger partial charge is 0.294 e. The molecule has 0 saturated carbocycles. The molecule has 3 amide bonds. The van der Waals surface area contributed by atoms with Crippen LogP contribution in [-0.4, -0.2) is 134 Å². The number of hydrogen-bond donors (Lipinski definition) is 4. The molecular formula is C45H60ClN7O10S3. The average Bonchev–Trinajstić information content (AvgIpc) is 4.04. The third-order valence-electron chi connectivity index (χ3n) is 10.8. The Morgan fingerprint density at radius 3 is 1.09 bits per heavy atom. The predicted molar refractivity (Wildman–Crippen MR) is 259 cm³/mol. The molecule has 0 spiro atoms. The largest absolute Gasteiger partial charge is 0.351 e. The highest BCUT2D eigenvalue weighted by Crippen LogP contribution is 2.26. The lowest BCUT2D eigenvalue weighted by molar-refractivity contribution is 0.0760. The predicted octanol–water partition coefficient (Wildman–Crippen LogP) is 7.93. The fraction of sp³-hybridized carbons (Fsp3) is 0.400. The number of H-pyrrole nitrogens is 3. The highest BCUT2D eigenvalue weighted by molar-refractivity contribution is 8.13. The normalized spacial score (nSPS) is 11.9. The van der Waals surface area contributed by atoms with Gasteiger partial charge in [-0.15, -0.1) is 0 Å². The summed E-state index contributed by atoms with van der Waals surface area (Å²) in [5.74, 6) is -0.324. The molecule has 0 radical (unpaired) electrons. The van der Waals surface area contributed by atoms with E-state index in [1.165, 1.54) is 34.6 Å². The molecule has 0 aliphatic carbocycles. The topological polar surface area (TPSA) is 234 Å². The molecule has 0 aliphatic heterocycles. The third kappa shape index (κ3) is 12.8. The summed E-state index contributed by atoms with van der Waals surface area (Å²) in [5.41, 5.74) is 3.43. The molecule has 3 aromatic heterocycles. The van der Waals surface area contributed by atoms with Crippen molar-refractivity contribution in [3.05, 3.63) is 89.9 Å². The van der Waals surface area contributed by atoms with E-state index in [0.717, 1.165) is 23.7 Å². The van der Waals surface area contributed by atoms with Crippen molar-refractivity contribution in [1.82, 2.24) is 34.0 Å². The summed E-state index contributed by atoms with van der Waals surface area (Å²) in [6.45, 7) is 20.1. The fourth-order valence-electron chi connectivity index (χ4n) is 7.19. The van der Waals surface area contributed by atoms with E-state index in [1.54, 1.807) is 57.2 Å². The quantitative estimate of drug-likeness (QED) is 0.0509. The SMILES string of the molecule is CCCN(CCC)S(=O)(=O)c1ccc2[nH]c(C(=O)N(CC)CC)cc2c1.CCN(CC)C(=O)c1cc2cc(S(=O)(=O)Cl)ccc2[nH]1.CCN(CC)C(=O)c1cc2cc(S(=O)(=O)O)ccc2[nH]1. The van der Waals surface area contributed by atoms with Gasteiger partial charge in [-0.2, -0.15) is 12.7 Å². The van der Waals surface area contributed by atoms with Gasteiger partial charge in [0.25, 0.3) is 36.9 Å². The van der Waals surface area contributed by atoms with Gasteiger partial charge in [0.15, 0.2) is 0 Å². The van der Waals surface area contributed by atoms with Crippen molar-refractivity contribution in [1.29, 1.82) is 0 Å². The first-order valence-corrected chi connectivity index (χ1v) is 27.0. The molecule has 0 unspecified atom stereocenters. The van der Waals surface area contributed by atoms with Gasteiger partial charge in [0.2, 0.25) is 10.0 Å². The molecule has 0 saturated heterocycles. The molecule has 3 heterocycles. The van der Waals surface area contributed by atoms with E-state index in [-0.39, 0.29) is 32.4 Å². The van der Waals surface area contributed by atoms with Crippen LogP contribution < -0.4 is 0 Å². The molecule has 6 rings (SSSR count). The van der Waals surface area contributed by atoms with E-state index >= 15 is 0 Å². The summed E-state index contributed by atoms with van der Waals surface area (Å²) >= 11 is 0. The van der Waals surface area contributed by atoms with Crippen LogP contribution in [-0.2, 0) is 29.2 Å². The number of rotatable bonds is 17. The van der Waals surface area contributed by atoms with Crippen LogP contribution in [0.4, 0.5) is 0 Å². The minimum atomic E-state index is -4.24. The maximum absolute atomic E-state index is 12.9. The van der Waals surface area contributed by atoms with Gasteiger partial charge in [-0.25, -0.2) is 16.8 Å². The van der Waals surface area contributed by atoms with E-state index in [0.29, 0.717) is 91.2 Å². The summed E-state index contributed by atoms with van der Waals surface area (Å²) in [6, 6.07) is 18.6. The summed E-state index contributed by atoms with van der Waals surface area (Å²) in [5, 5.41) is 1.94. The van der Waals surface area contributed by atoms with E-state index in [9.17, 15) is 39.6 Å². The monoisotopic (exact) mass is 989 g/mol. The maximum atomic E-state index is 12.9. The van der Waals surface area contributed by atoms with Crippen LogP contribution in [0.15, 0.2) is 87.5 Å². The number of halogens is 1. The van der Waals surface area contributed by atoms with Gasteiger partial charge in [0.1, 0.15) is 17.1 Å². The second-order valence-electron chi connectivity index (χ2n) is 15.0. The summed E-state index contributed by atoms with van der Waals surface area (Å²) in [7, 11) is -6.23. The van der Waals surface area contributed by atoms with Crippen molar-refractivity contribution in [2.45, 2.75) is 82.9 Å². The molecule has 66 heavy (non-hydrogen) atoms. The van der Waals surface area contributed by atoms with Gasteiger partial charge < -0.3 is 29.7 Å². The van der Waals surface area contributed by atoms with Crippen molar-refractivity contribution < 1.29 is 44.2 Å². The first kappa shape index (κ1) is 53.4. The Labute approximate surface area is 391 Å². The zero-order valence-corrected chi connectivity index (χ0v) is 41.7. The van der Waals surface area contributed by atoms with Gasteiger partial charge in [-0.1, -0.05) is 13.8 Å². The number of hydrogen-bond acceptors (Lipinski definition) is 9. The number of aromatic nitrogens is 3. The lowest BCUT2D eigenvalue weighted by Crippen LogP contribution is -2.32. The highest BCUT2D eigenvalue weighted by atomic mass is 35.7. The molecule has 360 valence electrons. The number of amides is 3. The summed E-state index contributed by atoms with van der Waals surface area (Å²) < 4.78 is 81.2. The molecule has 3 aromatic carbocycles. The number of carbonyl (C=O) groups is 3. The third-order valence-corrected chi connectivity index (χ3v) is 14.9. The molecule has 6 aromatic rings. The van der Waals surface area contributed by atoms with Crippen LogP contribution in [0.1, 0.15) is 99.7 Å². The molecule has 0 bridgehead atoms. The standard InChI is InChI=1S/C19H29N3O3S.C13H15ClN2O3S.C13H16N2O4S/c1-5-11-22(12-6-2)26(24,25)16-9-10-17-15(13-16)14-18(20-17)19(23)21(7-3)8-4;1-3-16(4-2)13(17)12-8-9-7-10(20(14,18)19)5-6-11(9)15-12;1-3-15(4-2)13(16)12-8-9-7-10(20(17,18)19)5-6-11(9)14-12/h9-10,13-14,20H,5-8,11-12H2,1-4H3;5-8,15H,3-4H2,1-2H3;5-8,14H,3-4H2,1-2H3,(H,17,18,19). The second kappa shape index (κ2) is 23.0. The number of fused-ring (bicyclic) bond motifs is 3. The van der Waals surface area contributed by atoms with Crippen molar-refractivity contribution in [2.24, 2.45) is 0 Å². The lowest BCUT2D eigenvalue weighted by Gasteiger charge is -2.21. The minimum Gasteiger partial charge on any atom is -0.351 e. The molecule has 0 atom stereocenters. The van der Waals surface area contributed by atoms with E-state index < -0.39 is 29.2 Å². The number of nitrogens with one attached hydrogen (secondary N) is 3. The number of nitrogens with zero attached hydrogens (tertiary/aromatic N) is 4. The van der Waals surface area contributed by atoms with Crippen LogP contribution >= 0.6 is 10.7 Å². The Balaban J connectivity index is 0.000000219. The second-order valence-corrected chi connectivity index (χ2v) is 21.0. The number of aromatic amines is 3. The van der Waals surface area contributed by atoms with Gasteiger partial charge >= 0.3 is 0 Å². The van der Waals surface area contributed by atoms with Gasteiger partial charge in [0, 0.05) is 95.7 Å². The summed E-state index contributed by atoms with van der Waals surface area (Å²) in [6.07, 6.45) is 1.54. The number of sulfonamides is 1. The molecule has 17 nitrogen and oxygen atoms in total. The fourth-order valence-corrected chi connectivity index (χ4v) is 10.2. The minimum absolute atomic E-state index is 0.0208. The first-order valence-electron chi connectivity index (χ1n) is 21.8. The molecular weight excluding hydrogens is 930 g/mol. The van der Waals surface area contributed by atoms with Crippen LogP contribution in [0, 0.1) is 0 Å². The Hall–Kier alpha value is -5.25. The zero-order valence-electron chi connectivity index (χ0n) is 38.5. The maximum Gasteiger partial charge on any atom is 0.294 e. The molecule has 0 fully saturated rings. The van der Waals surface area contributed by atoms with E-state index in [1.807, 2.05) is 55.4 Å². The Morgan fingerprint density at radius 1 is 0.485 bits per heavy atom. The Morgan fingerprint density at radius 2 is 0.788 bits per heavy atom. The number of benzene rings is 3.